The molecule has 1 aromatic rings. The monoisotopic (exact) mass is 317 g/mol. The fourth-order valence-electron chi connectivity index (χ4n) is 2.69. The van der Waals surface area contributed by atoms with E-state index in [1.54, 1.807) is 24.3 Å². The first-order valence-corrected chi connectivity index (χ1v) is 7.08. The van der Waals surface area contributed by atoms with Crippen molar-refractivity contribution >= 4 is 6.09 Å². The molecular weight excluding hydrogens is 299 g/mol. The van der Waals surface area contributed by atoms with Crippen LogP contribution in [0.1, 0.15) is 18.4 Å². The Labute approximate surface area is 126 Å². The number of likely N-dealkylation sites (tertiary alicyclic amines) is 1. The molecule has 1 fully saturated rings. The van der Waals surface area contributed by atoms with Crippen molar-refractivity contribution in [1.82, 2.24) is 4.90 Å². The van der Waals surface area contributed by atoms with E-state index in [-0.39, 0.29) is 26.0 Å². The third kappa shape index (κ3) is 3.91. The predicted octanol–water partition coefficient (Wildman–Crippen LogP) is 2.96. The Hall–Kier alpha value is -1.76. The SMILES string of the molecule is O=C(OCc1ccccc1)N1CCC[C@H](C(F)(F)F)[C@@H]1CO. The summed E-state index contributed by atoms with van der Waals surface area (Å²) in [4.78, 5) is 13.0. The molecule has 1 aliphatic heterocycles. The molecule has 0 bridgehead atoms. The molecule has 0 saturated carbocycles. The third-order valence-corrected chi connectivity index (χ3v) is 3.83. The van der Waals surface area contributed by atoms with E-state index in [0.29, 0.717) is 0 Å². The van der Waals surface area contributed by atoms with E-state index in [0.717, 1.165) is 10.5 Å². The number of aliphatic hydroxyl groups excluding tert-OH is 1. The van der Waals surface area contributed by atoms with Crippen molar-refractivity contribution in [2.45, 2.75) is 31.7 Å². The molecule has 122 valence electrons. The van der Waals surface area contributed by atoms with E-state index in [4.69, 9.17) is 4.74 Å². The molecule has 2 atom stereocenters. The van der Waals surface area contributed by atoms with Crippen molar-refractivity contribution in [2.75, 3.05) is 13.2 Å². The van der Waals surface area contributed by atoms with E-state index < -0.39 is 30.8 Å². The molecule has 7 heteroatoms. The summed E-state index contributed by atoms with van der Waals surface area (Å²) in [5, 5.41) is 9.28. The van der Waals surface area contributed by atoms with Crippen LogP contribution in [0.2, 0.25) is 0 Å². The number of halogens is 3. The number of amides is 1. The van der Waals surface area contributed by atoms with Gasteiger partial charge in [-0.15, -0.1) is 0 Å². The van der Waals surface area contributed by atoms with Gasteiger partial charge in [-0.1, -0.05) is 30.3 Å². The fraction of sp³-hybridized carbons (Fsp3) is 0.533. The van der Waals surface area contributed by atoms with Gasteiger partial charge in [0.1, 0.15) is 6.61 Å². The Morgan fingerprint density at radius 1 is 1.32 bits per heavy atom. The van der Waals surface area contributed by atoms with Crippen LogP contribution < -0.4 is 0 Å². The lowest BCUT2D eigenvalue weighted by Crippen LogP contribution is -2.54. The van der Waals surface area contributed by atoms with Crippen LogP contribution >= 0.6 is 0 Å². The number of nitrogens with zero attached hydrogens (tertiary/aromatic N) is 1. The molecule has 0 aliphatic carbocycles. The van der Waals surface area contributed by atoms with Gasteiger partial charge in [-0.2, -0.15) is 13.2 Å². The average Bonchev–Trinajstić information content (AvgIpc) is 2.52. The molecule has 1 amide bonds. The molecule has 1 heterocycles. The summed E-state index contributed by atoms with van der Waals surface area (Å²) in [5.41, 5.74) is 0.751. The number of rotatable bonds is 3. The topological polar surface area (TPSA) is 49.8 Å². The molecule has 1 saturated heterocycles. The molecule has 0 radical (unpaired) electrons. The zero-order chi connectivity index (χ0) is 16.2. The highest BCUT2D eigenvalue weighted by atomic mass is 19.4. The van der Waals surface area contributed by atoms with Gasteiger partial charge in [0.2, 0.25) is 0 Å². The zero-order valence-electron chi connectivity index (χ0n) is 11.9. The van der Waals surface area contributed by atoms with Gasteiger partial charge >= 0.3 is 12.3 Å². The highest BCUT2D eigenvalue weighted by molar-refractivity contribution is 5.68. The van der Waals surface area contributed by atoms with Gasteiger partial charge in [0.15, 0.2) is 0 Å². The minimum Gasteiger partial charge on any atom is -0.445 e. The average molecular weight is 317 g/mol. The number of ether oxygens (including phenoxy) is 1. The molecule has 0 aromatic heterocycles. The predicted molar refractivity (Wildman–Crippen MR) is 73.0 cm³/mol. The summed E-state index contributed by atoms with van der Waals surface area (Å²) in [5.74, 6) is -1.71. The molecule has 22 heavy (non-hydrogen) atoms. The van der Waals surface area contributed by atoms with Crippen LogP contribution in [0.5, 0.6) is 0 Å². The maximum absolute atomic E-state index is 13.0. The van der Waals surface area contributed by atoms with Gasteiger partial charge in [-0.25, -0.2) is 4.79 Å². The van der Waals surface area contributed by atoms with Gasteiger partial charge in [0.05, 0.1) is 18.6 Å². The number of hydrogen-bond donors (Lipinski definition) is 1. The first-order chi connectivity index (χ1) is 10.4. The molecule has 2 rings (SSSR count). The molecule has 4 nitrogen and oxygen atoms in total. The standard InChI is InChI=1S/C15H18F3NO3/c16-15(17,18)12-7-4-8-19(13(12)9-20)14(21)22-10-11-5-2-1-3-6-11/h1-3,5-6,12-13,20H,4,7-10H2/t12-,13-/m0/s1. The van der Waals surface area contributed by atoms with Crippen LogP contribution in [0.15, 0.2) is 30.3 Å². The van der Waals surface area contributed by atoms with E-state index in [2.05, 4.69) is 0 Å². The number of benzene rings is 1. The smallest absolute Gasteiger partial charge is 0.410 e. The summed E-state index contributed by atoms with van der Waals surface area (Å²) >= 11 is 0. The highest BCUT2D eigenvalue weighted by Crippen LogP contribution is 2.37. The number of hydrogen-bond acceptors (Lipinski definition) is 3. The minimum atomic E-state index is -4.44. The van der Waals surface area contributed by atoms with E-state index >= 15 is 0 Å². The van der Waals surface area contributed by atoms with Crippen LogP contribution in [-0.4, -0.2) is 41.5 Å². The maximum atomic E-state index is 13.0. The normalized spacial score (nSPS) is 22.5. The number of aliphatic hydroxyl groups is 1. The van der Waals surface area contributed by atoms with E-state index in [1.165, 1.54) is 0 Å². The molecule has 1 N–H and O–H groups in total. The lowest BCUT2D eigenvalue weighted by atomic mass is 9.89. The quantitative estimate of drug-likeness (QED) is 0.932. The van der Waals surface area contributed by atoms with Crippen molar-refractivity contribution in [2.24, 2.45) is 5.92 Å². The Bertz CT molecular complexity index is 493. The Morgan fingerprint density at radius 3 is 2.59 bits per heavy atom. The number of carbonyl (C=O) groups excluding carboxylic acids is 1. The van der Waals surface area contributed by atoms with Crippen LogP contribution in [-0.2, 0) is 11.3 Å². The van der Waals surface area contributed by atoms with Crippen molar-refractivity contribution in [1.29, 1.82) is 0 Å². The van der Waals surface area contributed by atoms with Crippen molar-refractivity contribution in [3.05, 3.63) is 35.9 Å². The van der Waals surface area contributed by atoms with Crippen molar-refractivity contribution in [3.63, 3.8) is 0 Å². The second kappa shape index (κ2) is 7.00. The second-order valence-electron chi connectivity index (χ2n) is 5.27. The van der Waals surface area contributed by atoms with Crippen LogP contribution in [0.4, 0.5) is 18.0 Å². The molecular formula is C15H18F3NO3. The summed E-state index contributed by atoms with van der Waals surface area (Å²) in [7, 11) is 0. The molecule has 1 aromatic carbocycles. The number of alkyl halides is 3. The summed E-state index contributed by atoms with van der Waals surface area (Å²) in [6, 6.07) is 7.60. The summed E-state index contributed by atoms with van der Waals surface area (Å²) in [6.45, 7) is -0.582. The van der Waals surface area contributed by atoms with E-state index in [1.807, 2.05) is 6.07 Å². The van der Waals surface area contributed by atoms with Crippen molar-refractivity contribution < 1.29 is 27.8 Å². The highest BCUT2D eigenvalue weighted by Gasteiger charge is 2.49. The molecule has 0 unspecified atom stereocenters. The number of piperidine rings is 1. The lowest BCUT2D eigenvalue weighted by Gasteiger charge is -2.40. The minimum absolute atomic E-state index is 0.00892. The first-order valence-electron chi connectivity index (χ1n) is 7.08. The Morgan fingerprint density at radius 2 is 2.00 bits per heavy atom. The zero-order valence-corrected chi connectivity index (χ0v) is 11.9. The molecule has 0 spiro atoms. The third-order valence-electron chi connectivity index (χ3n) is 3.83. The van der Waals surface area contributed by atoms with Gasteiger partial charge in [-0.3, -0.25) is 0 Å². The van der Waals surface area contributed by atoms with Gasteiger partial charge in [-0.05, 0) is 18.4 Å². The largest absolute Gasteiger partial charge is 0.445 e. The van der Waals surface area contributed by atoms with Crippen molar-refractivity contribution in [3.8, 4) is 0 Å². The van der Waals surface area contributed by atoms with Crippen LogP contribution in [0.3, 0.4) is 0 Å². The van der Waals surface area contributed by atoms with Gasteiger partial charge in [0.25, 0.3) is 0 Å². The van der Waals surface area contributed by atoms with E-state index in [9.17, 15) is 23.1 Å². The lowest BCUT2D eigenvalue weighted by molar-refractivity contribution is -0.202. The number of carbonyl (C=O) groups is 1. The Kier molecular flexibility index (Phi) is 5.28. The van der Waals surface area contributed by atoms with Gasteiger partial charge in [0, 0.05) is 6.54 Å². The molecule has 1 aliphatic rings. The summed E-state index contributed by atoms with van der Waals surface area (Å²) in [6.07, 6.45) is -5.11. The van der Waals surface area contributed by atoms with Gasteiger partial charge < -0.3 is 14.7 Å². The second-order valence-corrected chi connectivity index (χ2v) is 5.27. The van der Waals surface area contributed by atoms with Crippen LogP contribution in [0.25, 0.3) is 0 Å². The first kappa shape index (κ1) is 16.6. The maximum Gasteiger partial charge on any atom is 0.410 e. The Balaban J connectivity index is 2.01. The summed E-state index contributed by atoms with van der Waals surface area (Å²) < 4.78 is 44.0. The van der Waals surface area contributed by atoms with Crippen LogP contribution in [0, 0.1) is 5.92 Å². The fourth-order valence-corrected chi connectivity index (χ4v) is 2.69.